The molecule has 0 aromatic heterocycles. The predicted molar refractivity (Wildman–Crippen MR) is 147 cm³/mol. The molecule has 0 unspecified atom stereocenters. The molecule has 0 atom stereocenters. The maximum absolute atomic E-state index is 15.0. The van der Waals surface area contributed by atoms with E-state index in [2.05, 4.69) is 38.6 Å². The quantitative estimate of drug-likeness (QED) is 0.221. The van der Waals surface area contributed by atoms with Gasteiger partial charge < -0.3 is 9.16 Å². The molecule has 0 aliphatic heterocycles. The first kappa shape index (κ1) is 29.2. The molecule has 0 saturated heterocycles. The Morgan fingerprint density at radius 1 is 1.11 bits per heavy atom. The summed E-state index contributed by atoms with van der Waals surface area (Å²) in [6.45, 7) is 10.8. The fourth-order valence-corrected chi connectivity index (χ4v) is 6.89. The minimum absolute atomic E-state index is 0.0144. The number of benzene rings is 2. The van der Waals surface area contributed by atoms with Crippen molar-refractivity contribution < 1.29 is 30.8 Å². The number of nitrogens with one attached hydrogen (secondary N) is 1. The zero-order valence-electron chi connectivity index (χ0n) is 21.4. The molecule has 0 amide bonds. The van der Waals surface area contributed by atoms with Crippen LogP contribution in [0.5, 0.6) is 5.75 Å². The average molecular weight is 656 g/mol. The summed E-state index contributed by atoms with van der Waals surface area (Å²) in [4.78, 5) is 0. The number of sulfonamides is 1. The van der Waals surface area contributed by atoms with E-state index in [1.54, 1.807) is 6.07 Å². The molecule has 11 heteroatoms. The Bertz CT molecular complexity index is 1240. The highest BCUT2D eigenvalue weighted by Crippen LogP contribution is 2.49. The Morgan fingerprint density at radius 3 is 2.28 bits per heavy atom. The van der Waals surface area contributed by atoms with E-state index < -0.39 is 40.5 Å². The van der Waals surface area contributed by atoms with E-state index in [0.717, 1.165) is 6.07 Å². The normalized spacial score (nSPS) is 15.6. The van der Waals surface area contributed by atoms with Gasteiger partial charge in [0.15, 0.2) is 20.0 Å². The van der Waals surface area contributed by atoms with Crippen molar-refractivity contribution in [2.24, 2.45) is 0 Å². The monoisotopic (exact) mass is 655 g/mol. The van der Waals surface area contributed by atoms with Crippen molar-refractivity contribution >= 4 is 46.6 Å². The molecule has 3 rings (SSSR count). The molecule has 1 aliphatic carbocycles. The van der Waals surface area contributed by atoms with E-state index in [9.17, 15) is 17.2 Å². The van der Waals surface area contributed by atoms with Gasteiger partial charge in [-0.05, 0) is 77.7 Å². The molecular formula is C25H33F3INO4SSi. The van der Waals surface area contributed by atoms with Gasteiger partial charge in [-0.3, -0.25) is 4.72 Å². The number of rotatable bonds is 10. The van der Waals surface area contributed by atoms with Gasteiger partial charge in [0.1, 0.15) is 11.6 Å². The fraction of sp³-hybridized carbons (Fsp3) is 0.520. The van der Waals surface area contributed by atoms with Gasteiger partial charge in [0.25, 0.3) is 0 Å². The average Bonchev–Trinajstić information content (AvgIpc) is 3.55. The van der Waals surface area contributed by atoms with Crippen LogP contribution in [-0.2, 0) is 20.9 Å². The van der Waals surface area contributed by atoms with Gasteiger partial charge in [-0.1, -0.05) is 26.8 Å². The second-order valence-electron chi connectivity index (χ2n) is 10.8. The highest BCUT2D eigenvalue weighted by molar-refractivity contribution is 14.1. The smallest absolute Gasteiger partial charge is 0.238 e. The molecule has 1 saturated carbocycles. The molecule has 5 nitrogen and oxygen atoms in total. The molecule has 1 N–H and O–H groups in total. The lowest BCUT2D eigenvalue weighted by atomic mass is 10.0. The fourth-order valence-electron chi connectivity index (χ4n) is 3.69. The first-order valence-corrected chi connectivity index (χ1v) is 17.2. The van der Waals surface area contributed by atoms with Gasteiger partial charge in [-0.2, -0.15) is 0 Å². The van der Waals surface area contributed by atoms with Gasteiger partial charge in [0.05, 0.1) is 17.5 Å². The third-order valence-corrected chi connectivity index (χ3v) is 14.8. The van der Waals surface area contributed by atoms with E-state index in [0.29, 0.717) is 16.4 Å². The first-order valence-electron chi connectivity index (χ1n) is 11.7. The lowest BCUT2D eigenvalue weighted by Gasteiger charge is -2.36. The van der Waals surface area contributed by atoms with E-state index in [1.165, 1.54) is 19.2 Å². The van der Waals surface area contributed by atoms with Crippen molar-refractivity contribution in [3.8, 4) is 5.75 Å². The number of hydrogen-bond donors (Lipinski definition) is 1. The molecule has 0 spiro atoms. The molecule has 1 fully saturated rings. The molecular weight excluding hydrogens is 622 g/mol. The predicted octanol–water partition coefficient (Wildman–Crippen LogP) is 6.99. The van der Waals surface area contributed by atoms with Crippen LogP contribution in [-0.4, -0.2) is 35.2 Å². The maximum Gasteiger partial charge on any atom is 0.238 e. The van der Waals surface area contributed by atoms with Crippen LogP contribution in [0.3, 0.4) is 0 Å². The Labute approximate surface area is 226 Å². The molecule has 2 aromatic carbocycles. The highest BCUT2D eigenvalue weighted by Gasteiger charge is 2.55. The van der Waals surface area contributed by atoms with Crippen molar-refractivity contribution in [2.45, 2.75) is 69.3 Å². The van der Waals surface area contributed by atoms with Crippen molar-refractivity contribution in [3.63, 3.8) is 0 Å². The third kappa shape index (κ3) is 6.04. The topological polar surface area (TPSA) is 64.6 Å². The third-order valence-electron chi connectivity index (χ3n) is 7.32. The minimum Gasteiger partial charge on any atom is -0.494 e. The van der Waals surface area contributed by atoms with Crippen molar-refractivity contribution in [1.29, 1.82) is 0 Å². The van der Waals surface area contributed by atoms with Crippen LogP contribution in [0.2, 0.25) is 18.1 Å². The Kier molecular flexibility index (Phi) is 8.49. The lowest BCUT2D eigenvalue weighted by molar-refractivity contribution is 0.277. The van der Waals surface area contributed by atoms with Gasteiger partial charge in [0, 0.05) is 28.2 Å². The van der Waals surface area contributed by atoms with Crippen molar-refractivity contribution in [1.82, 2.24) is 0 Å². The summed E-state index contributed by atoms with van der Waals surface area (Å²) in [6, 6.07) is 5.17. The SMILES string of the molecule is COc1cc(F)c(F)c(Cc2ccc(I)cc2F)c1NS(=O)(=O)C1(CCO[Si](C)(C)C(C)(C)C)CC1. The Morgan fingerprint density at radius 2 is 1.75 bits per heavy atom. The van der Waals surface area contributed by atoms with Crippen LogP contribution in [0, 0.1) is 21.0 Å². The van der Waals surface area contributed by atoms with Crippen LogP contribution in [0.15, 0.2) is 24.3 Å². The zero-order valence-corrected chi connectivity index (χ0v) is 25.4. The van der Waals surface area contributed by atoms with Gasteiger partial charge in [0.2, 0.25) is 10.0 Å². The summed E-state index contributed by atoms with van der Waals surface area (Å²) in [5.41, 5.74) is -0.430. The molecule has 200 valence electrons. The minimum atomic E-state index is -4.03. The second-order valence-corrected chi connectivity index (χ2v) is 18.9. The van der Waals surface area contributed by atoms with Crippen LogP contribution < -0.4 is 9.46 Å². The number of methoxy groups -OCH3 is 1. The summed E-state index contributed by atoms with van der Waals surface area (Å²) in [5.74, 6) is -3.23. The summed E-state index contributed by atoms with van der Waals surface area (Å²) in [7, 11) is -4.85. The molecule has 2 aromatic rings. The summed E-state index contributed by atoms with van der Waals surface area (Å²) < 4.78 is 84.4. The van der Waals surface area contributed by atoms with Crippen LogP contribution in [0.1, 0.15) is 51.2 Å². The molecule has 0 heterocycles. The van der Waals surface area contributed by atoms with Crippen molar-refractivity contribution in [3.05, 3.63) is 56.4 Å². The van der Waals surface area contributed by atoms with Crippen LogP contribution in [0.4, 0.5) is 18.9 Å². The summed E-state index contributed by atoms with van der Waals surface area (Å²) >= 11 is 1.94. The van der Waals surface area contributed by atoms with Crippen LogP contribution >= 0.6 is 22.6 Å². The molecule has 0 bridgehead atoms. The molecule has 0 radical (unpaired) electrons. The van der Waals surface area contributed by atoms with E-state index in [4.69, 9.17) is 9.16 Å². The molecule has 36 heavy (non-hydrogen) atoms. The molecule has 1 aliphatic rings. The summed E-state index contributed by atoms with van der Waals surface area (Å²) in [6.07, 6.45) is 0.774. The second kappa shape index (κ2) is 10.5. The van der Waals surface area contributed by atoms with Crippen molar-refractivity contribution in [2.75, 3.05) is 18.4 Å². The number of anilines is 1. The van der Waals surface area contributed by atoms with E-state index >= 15 is 4.39 Å². The zero-order chi connectivity index (χ0) is 27.1. The number of ether oxygens (including phenoxy) is 1. The van der Waals surface area contributed by atoms with Gasteiger partial charge >= 0.3 is 0 Å². The summed E-state index contributed by atoms with van der Waals surface area (Å²) in [5, 5.41) is -0.0144. The Balaban J connectivity index is 1.92. The highest BCUT2D eigenvalue weighted by atomic mass is 127. The maximum atomic E-state index is 15.0. The Hall–Kier alpha value is -1.31. The van der Waals surface area contributed by atoms with E-state index in [1.807, 2.05) is 22.6 Å². The number of hydrogen-bond acceptors (Lipinski definition) is 4. The lowest BCUT2D eigenvalue weighted by Crippen LogP contribution is -2.42. The van der Waals surface area contributed by atoms with E-state index in [-0.39, 0.29) is 47.1 Å². The largest absolute Gasteiger partial charge is 0.494 e. The first-order chi connectivity index (χ1) is 16.5. The number of halogens is 4. The van der Waals surface area contributed by atoms with Crippen LogP contribution in [0.25, 0.3) is 0 Å². The standard InChI is InChI=1S/C25H33F3INO4SSi/c1-24(2,3)36(5,6)34-12-11-25(9-10-25)35(31,32)30-23-18(22(28)20(27)15-21(23)33-4)13-16-7-8-17(29)14-19(16)26/h7-8,14-15,30H,9-13H2,1-6H3. The van der Waals surface area contributed by atoms with Gasteiger partial charge in [-0.15, -0.1) is 0 Å². The van der Waals surface area contributed by atoms with Gasteiger partial charge in [-0.25, -0.2) is 21.6 Å².